The normalized spacial score (nSPS) is 11.6. The number of aryl methyl sites for hydroxylation is 2. The average molecular weight is 347 g/mol. The summed E-state index contributed by atoms with van der Waals surface area (Å²) in [7, 11) is 1.71. The molecule has 0 spiro atoms. The molecule has 1 aromatic carbocycles. The van der Waals surface area contributed by atoms with Gasteiger partial charge in [0, 0.05) is 36.3 Å². The van der Waals surface area contributed by atoms with Crippen LogP contribution in [0.1, 0.15) is 16.8 Å². The van der Waals surface area contributed by atoms with E-state index in [2.05, 4.69) is 10.1 Å². The highest BCUT2D eigenvalue weighted by Crippen LogP contribution is 2.35. The Kier molecular flexibility index (Phi) is 4.48. The highest BCUT2D eigenvalue weighted by atomic mass is 19.4. The van der Waals surface area contributed by atoms with Gasteiger partial charge in [-0.25, -0.2) is 0 Å². The SMILES string of the molecule is Cc1ncccc1COc1cc(-c2cnn(C)c2)cc(C(F)(F)F)c1. The van der Waals surface area contributed by atoms with E-state index in [0.717, 1.165) is 23.4 Å². The Morgan fingerprint density at radius 3 is 2.60 bits per heavy atom. The number of pyridine rings is 1. The molecule has 25 heavy (non-hydrogen) atoms. The zero-order valence-electron chi connectivity index (χ0n) is 13.7. The monoisotopic (exact) mass is 347 g/mol. The third-order valence-electron chi connectivity index (χ3n) is 3.78. The van der Waals surface area contributed by atoms with Crippen LogP contribution in [0.5, 0.6) is 5.75 Å². The van der Waals surface area contributed by atoms with E-state index in [9.17, 15) is 13.2 Å². The molecule has 0 fully saturated rings. The molecule has 0 aliphatic carbocycles. The first kappa shape index (κ1) is 17.0. The molecular weight excluding hydrogens is 331 g/mol. The van der Waals surface area contributed by atoms with Gasteiger partial charge in [-0.05, 0) is 36.8 Å². The van der Waals surface area contributed by atoms with Crippen molar-refractivity contribution in [2.24, 2.45) is 7.05 Å². The first-order chi connectivity index (χ1) is 11.8. The van der Waals surface area contributed by atoms with Gasteiger partial charge in [0.05, 0.1) is 11.8 Å². The van der Waals surface area contributed by atoms with Crippen molar-refractivity contribution in [1.82, 2.24) is 14.8 Å². The predicted octanol–water partition coefficient (Wildman–Crippen LogP) is 4.39. The summed E-state index contributed by atoms with van der Waals surface area (Å²) in [5.74, 6) is 0.150. The van der Waals surface area contributed by atoms with Crippen LogP contribution in [0.15, 0.2) is 48.9 Å². The number of aromatic nitrogens is 3. The minimum atomic E-state index is -4.46. The van der Waals surface area contributed by atoms with Crippen molar-refractivity contribution >= 4 is 0 Å². The largest absolute Gasteiger partial charge is 0.489 e. The number of benzene rings is 1. The standard InChI is InChI=1S/C18H16F3N3O/c1-12-13(4-3-5-22-12)11-25-17-7-14(15-9-23-24(2)10-15)6-16(8-17)18(19,20)21/h3-10H,11H2,1-2H3. The maximum absolute atomic E-state index is 13.2. The number of ether oxygens (including phenoxy) is 1. The lowest BCUT2D eigenvalue weighted by Crippen LogP contribution is -2.06. The first-order valence-electron chi connectivity index (χ1n) is 7.57. The van der Waals surface area contributed by atoms with Crippen molar-refractivity contribution in [2.45, 2.75) is 19.7 Å². The number of hydrogen-bond acceptors (Lipinski definition) is 3. The zero-order valence-corrected chi connectivity index (χ0v) is 13.7. The second-order valence-corrected chi connectivity index (χ2v) is 5.68. The van der Waals surface area contributed by atoms with Crippen molar-refractivity contribution in [3.05, 3.63) is 65.7 Å². The third kappa shape index (κ3) is 3.99. The quantitative estimate of drug-likeness (QED) is 0.703. The molecule has 2 heterocycles. The maximum Gasteiger partial charge on any atom is 0.416 e. The summed E-state index contributed by atoms with van der Waals surface area (Å²) in [5.41, 5.74) is 1.84. The van der Waals surface area contributed by atoms with Gasteiger partial charge in [-0.3, -0.25) is 9.67 Å². The molecule has 0 saturated heterocycles. The Morgan fingerprint density at radius 1 is 1.16 bits per heavy atom. The molecule has 7 heteroatoms. The molecule has 2 aromatic heterocycles. The van der Waals surface area contributed by atoms with Crippen LogP contribution in [0.3, 0.4) is 0 Å². The summed E-state index contributed by atoms with van der Waals surface area (Å²) >= 11 is 0. The fourth-order valence-corrected chi connectivity index (χ4v) is 2.41. The molecule has 0 unspecified atom stereocenters. The van der Waals surface area contributed by atoms with Crippen molar-refractivity contribution in [3.63, 3.8) is 0 Å². The van der Waals surface area contributed by atoms with Gasteiger partial charge in [0.1, 0.15) is 12.4 Å². The topological polar surface area (TPSA) is 39.9 Å². The van der Waals surface area contributed by atoms with E-state index < -0.39 is 11.7 Å². The van der Waals surface area contributed by atoms with Crippen LogP contribution in [0.4, 0.5) is 13.2 Å². The Bertz CT molecular complexity index is 887. The van der Waals surface area contributed by atoms with E-state index in [4.69, 9.17) is 4.74 Å². The maximum atomic E-state index is 13.2. The Morgan fingerprint density at radius 2 is 1.96 bits per heavy atom. The number of nitrogens with zero attached hydrogens (tertiary/aromatic N) is 3. The summed E-state index contributed by atoms with van der Waals surface area (Å²) in [6.45, 7) is 1.97. The van der Waals surface area contributed by atoms with E-state index in [0.29, 0.717) is 11.1 Å². The smallest absolute Gasteiger partial charge is 0.416 e. The van der Waals surface area contributed by atoms with Crippen molar-refractivity contribution in [2.75, 3.05) is 0 Å². The molecule has 3 aromatic rings. The first-order valence-corrected chi connectivity index (χ1v) is 7.57. The van der Waals surface area contributed by atoms with Crippen LogP contribution in [0.2, 0.25) is 0 Å². The second-order valence-electron chi connectivity index (χ2n) is 5.68. The molecule has 3 rings (SSSR count). The minimum Gasteiger partial charge on any atom is -0.489 e. The Balaban J connectivity index is 1.94. The molecule has 4 nitrogen and oxygen atoms in total. The zero-order chi connectivity index (χ0) is 18.0. The van der Waals surface area contributed by atoms with Gasteiger partial charge >= 0.3 is 6.18 Å². The Hall–Kier alpha value is -2.83. The number of halogens is 3. The van der Waals surface area contributed by atoms with Crippen LogP contribution >= 0.6 is 0 Å². The van der Waals surface area contributed by atoms with Gasteiger partial charge in [-0.15, -0.1) is 0 Å². The summed E-state index contributed by atoms with van der Waals surface area (Å²) in [6, 6.07) is 7.28. The summed E-state index contributed by atoms with van der Waals surface area (Å²) in [6.07, 6.45) is 0.374. The van der Waals surface area contributed by atoms with E-state index >= 15 is 0 Å². The van der Waals surface area contributed by atoms with Gasteiger partial charge in [-0.2, -0.15) is 18.3 Å². The molecule has 0 saturated carbocycles. The molecule has 0 aliphatic rings. The van der Waals surface area contributed by atoms with Crippen LogP contribution in [-0.2, 0) is 19.8 Å². The molecule has 0 amide bonds. The van der Waals surface area contributed by atoms with Crippen molar-refractivity contribution in [3.8, 4) is 16.9 Å². The van der Waals surface area contributed by atoms with Crippen LogP contribution < -0.4 is 4.74 Å². The van der Waals surface area contributed by atoms with Gasteiger partial charge in [-0.1, -0.05) is 6.07 Å². The highest BCUT2D eigenvalue weighted by Gasteiger charge is 2.31. The average Bonchev–Trinajstić information content (AvgIpc) is 3.00. The van der Waals surface area contributed by atoms with Crippen molar-refractivity contribution in [1.29, 1.82) is 0 Å². The molecule has 0 aliphatic heterocycles. The van der Waals surface area contributed by atoms with Crippen LogP contribution in [0.25, 0.3) is 11.1 Å². The molecule has 0 N–H and O–H groups in total. The minimum absolute atomic E-state index is 0.146. The fourth-order valence-electron chi connectivity index (χ4n) is 2.41. The van der Waals surface area contributed by atoms with Gasteiger partial charge in [0.25, 0.3) is 0 Å². The lowest BCUT2D eigenvalue weighted by Gasteiger charge is -2.13. The lowest BCUT2D eigenvalue weighted by molar-refractivity contribution is -0.137. The van der Waals surface area contributed by atoms with Crippen LogP contribution in [0, 0.1) is 6.92 Å². The van der Waals surface area contributed by atoms with Gasteiger partial charge < -0.3 is 4.74 Å². The fraction of sp³-hybridized carbons (Fsp3) is 0.222. The molecule has 0 radical (unpaired) electrons. The summed E-state index contributed by atoms with van der Waals surface area (Å²) in [5, 5.41) is 4.01. The molecule has 0 atom stereocenters. The second kappa shape index (κ2) is 6.58. The number of alkyl halides is 3. The highest BCUT2D eigenvalue weighted by molar-refractivity contribution is 5.65. The Labute approximate surface area is 142 Å². The molecular formula is C18H16F3N3O. The van der Waals surface area contributed by atoms with Gasteiger partial charge in [0.15, 0.2) is 0 Å². The predicted molar refractivity (Wildman–Crippen MR) is 87.0 cm³/mol. The van der Waals surface area contributed by atoms with E-state index in [1.54, 1.807) is 31.6 Å². The molecule has 130 valence electrons. The summed E-state index contributed by atoms with van der Waals surface area (Å²) < 4.78 is 46.8. The van der Waals surface area contributed by atoms with E-state index in [1.165, 1.54) is 10.9 Å². The number of hydrogen-bond donors (Lipinski definition) is 0. The van der Waals surface area contributed by atoms with E-state index in [1.807, 2.05) is 13.0 Å². The van der Waals surface area contributed by atoms with Gasteiger partial charge in [0.2, 0.25) is 0 Å². The van der Waals surface area contributed by atoms with E-state index in [-0.39, 0.29) is 12.4 Å². The van der Waals surface area contributed by atoms with Crippen LogP contribution in [-0.4, -0.2) is 14.8 Å². The molecule has 0 bridgehead atoms. The van der Waals surface area contributed by atoms with Crippen molar-refractivity contribution < 1.29 is 17.9 Å². The number of rotatable bonds is 4. The lowest BCUT2D eigenvalue weighted by atomic mass is 10.1. The third-order valence-corrected chi connectivity index (χ3v) is 3.78. The summed E-state index contributed by atoms with van der Waals surface area (Å²) in [4.78, 5) is 4.15.